The molecule has 0 aromatic heterocycles. The molecular weight excluding hydrogens is 238 g/mol. The van der Waals surface area contributed by atoms with E-state index in [1.807, 2.05) is 19.2 Å². The highest BCUT2D eigenvalue weighted by Gasteiger charge is 2.10. The lowest BCUT2D eigenvalue weighted by molar-refractivity contribution is -0.870. The van der Waals surface area contributed by atoms with Crippen LogP contribution in [0, 0.1) is 11.3 Å². The van der Waals surface area contributed by atoms with Crippen molar-refractivity contribution in [1.82, 2.24) is 0 Å². The lowest BCUT2D eigenvalue weighted by Crippen LogP contribution is -3.10. The molecule has 0 aliphatic heterocycles. The maximum Gasteiger partial charge on any atom is 0.279 e. The van der Waals surface area contributed by atoms with Gasteiger partial charge in [0.25, 0.3) is 5.91 Å². The first-order valence-electron chi connectivity index (χ1n) is 5.36. The summed E-state index contributed by atoms with van der Waals surface area (Å²) in [6, 6.07) is 9.16. The monoisotopic (exact) mass is 252 g/mol. The number of nitriles is 1. The minimum absolute atomic E-state index is 0.103. The van der Waals surface area contributed by atoms with Crippen molar-refractivity contribution in [1.29, 1.82) is 5.26 Å². The number of quaternary nitrogens is 1. The SMILES string of the molecule is C[NH+](CCC#N)CC(=O)Nc1ccccc1Cl. The van der Waals surface area contributed by atoms with Gasteiger partial charge in [0.15, 0.2) is 6.54 Å². The van der Waals surface area contributed by atoms with Crippen LogP contribution in [-0.2, 0) is 4.79 Å². The molecule has 90 valence electrons. The summed E-state index contributed by atoms with van der Waals surface area (Å²) in [5.74, 6) is -0.103. The Morgan fingerprint density at radius 3 is 2.88 bits per heavy atom. The molecule has 17 heavy (non-hydrogen) atoms. The van der Waals surface area contributed by atoms with Crippen LogP contribution in [0.5, 0.6) is 0 Å². The summed E-state index contributed by atoms with van der Waals surface area (Å²) in [5, 5.41) is 11.7. The summed E-state index contributed by atoms with van der Waals surface area (Å²) < 4.78 is 0. The summed E-state index contributed by atoms with van der Waals surface area (Å²) in [5.41, 5.74) is 0.618. The Balaban J connectivity index is 2.45. The van der Waals surface area contributed by atoms with Gasteiger partial charge in [0.2, 0.25) is 0 Å². The zero-order valence-electron chi connectivity index (χ0n) is 9.66. The van der Waals surface area contributed by atoms with Crippen molar-refractivity contribution in [3.8, 4) is 6.07 Å². The smallest absolute Gasteiger partial charge is 0.279 e. The number of anilines is 1. The van der Waals surface area contributed by atoms with Gasteiger partial charge in [-0.15, -0.1) is 0 Å². The van der Waals surface area contributed by atoms with Crippen molar-refractivity contribution in [2.75, 3.05) is 25.5 Å². The number of carbonyl (C=O) groups excluding carboxylic acids is 1. The van der Waals surface area contributed by atoms with E-state index in [2.05, 4.69) is 11.4 Å². The minimum Gasteiger partial charge on any atom is -0.329 e. The molecule has 0 bridgehead atoms. The van der Waals surface area contributed by atoms with E-state index in [1.165, 1.54) is 0 Å². The fourth-order valence-corrected chi connectivity index (χ4v) is 1.57. The van der Waals surface area contributed by atoms with Crippen molar-refractivity contribution >= 4 is 23.2 Å². The number of benzene rings is 1. The highest BCUT2D eigenvalue weighted by molar-refractivity contribution is 6.33. The van der Waals surface area contributed by atoms with Gasteiger partial charge in [-0.2, -0.15) is 5.26 Å². The number of hydrogen-bond acceptors (Lipinski definition) is 2. The number of para-hydroxylation sites is 1. The standard InChI is InChI=1S/C12H14ClN3O/c1-16(8-4-7-14)9-12(17)15-11-6-3-2-5-10(11)13/h2-3,5-6H,4,8-9H2,1H3,(H,15,17)/p+1. The minimum atomic E-state index is -0.103. The highest BCUT2D eigenvalue weighted by atomic mass is 35.5. The fraction of sp³-hybridized carbons (Fsp3) is 0.333. The molecule has 1 atom stereocenters. The third-order valence-corrected chi connectivity index (χ3v) is 2.60. The number of rotatable bonds is 5. The average Bonchev–Trinajstić information content (AvgIpc) is 2.29. The van der Waals surface area contributed by atoms with Gasteiger partial charge in [-0.05, 0) is 12.1 Å². The number of nitrogens with zero attached hydrogens (tertiary/aromatic N) is 1. The van der Waals surface area contributed by atoms with E-state index in [1.54, 1.807) is 12.1 Å². The number of halogens is 1. The van der Waals surface area contributed by atoms with Crippen LogP contribution in [-0.4, -0.2) is 26.0 Å². The normalized spacial score (nSPS) is 11.6. The number of carbonyl (C=O) groups is 1. The lowest BCUT2D eigenvalue weighted by Gasteiger charge is -2.12. The van der Waals surface area contributed by atoms with Crippen LogP contribution in [0.25, 0.3) is 0 Å². The zero-order chi connectivity index (χ0) is 12.7. The first kappa shape index (κ1) is 13.5. The molecule has 0 saturated carbocycles. The maximum absolute atomic E-state index is 11.7. The van der Waals surface area contributed by atoms with Crippen molar-refractivity contribution in [3.05, 3.63) is 29.3 Å². The molecule has 2 N–H and O–H groups in total. The Hall–Kier alpha value is -1.57. The van der Waals surface area contributed by atoms with E-state index in [4.69, 9.17) is 16.9 Å². The van der Waals surface area contributed by atoms with Gasteiger partial charge in [0.05, 0.1) is 36.8 Å². The van der Waals surface area contributed by atoms with Crippen molar-refractivity contribution in [2.24, 2.45) is 0 Å². The van der Waals surface area contributed by atoms with Gasteiger partial charge in [-0.1, -0.05) is 23.7 Å². The molecule has 1 rings (SSSR count). The molecule has 1 unspecified atom stereocenters. The van der Waals surface area contributed by atoms with Crippen LogP contribution >= 0.6 is 11.6 Å². The van der Waals surface area contributed by atoms with Crippen LogP contribution in [0.2, 0.25) is 5.02 Å². The third-order valence-electron chi connectivity index (χ3n) is 2.27. The van der Waals surface area contributed by atoms with Crippen LogP contribution < -0.4 is 10.2 Å². The van der Waals surface area contributed by atoms with Gasteiger partial charge >= 0.3 is 0 Å². The molecule has 0 aliphatic carbocycles. The molecule has 0 fully saturated rings. The Bertz CT molecular complexity index is 428. The Kier molecular flexibility index (Phi) is 5.47. The van der Waals surface area contributed by atoms with Gasteiger partial charge < -0.3 is 10.2 Å². The predicted molar refractivity (Wildman–Crippen MR) is 66.9 cm³/mol. The van der Waals surface area contributed by atoms with Crippen molar-refractivity contribution in [3.63, 3.8) is 0 Å². The number of amides is 1. The summed E-state index contributed by atoms with van der Waals surface area (Å²) in [7, 11) is 1.88. The van der Waals surface area contributed by atoms with E-state index in [-0.39, 0.29) is 5.91 Å². The topological polar surface area (TPSA) is 57.3 Å². The van der Waals surface area contributed by atoms with E-state index in [9.17, 15) is 4.79 Å². The second kappa shape index (κ2) is 6.89. The second-order valence-corrected chi connectivity index (χ2v) is 4.23. The molecule has 4 nitrogen and oxygen atoms in total. The highest BCUT2D eigenvalue weighted by Crippen LogP contribution is 2.19. The van der Waals surface area contributed by atoms with E-state index < -0.39 is 0 Å². The molecule has 1 amide bonds. The number of nitrogens with one attached hydrogen (secondary N) is 2. The van der Waals surface area contributed by atoms with Gasteiger partial charge in [0.1, 0.15) is 0 Å². The van der Waals surface area contributed by atoms with Crippen LogP contribution in [0.15, 0.2) is 24.3 Å². The molecule has 0 spiro atoms. The first-order valence-corrected chi connectivity index (χ1v) is 5.74. The molecule has 1 aromatic carbocycles. The van der Waals surface area contributed by atoms with Gasteiger partial charge in [0, 0.05) is 0 Å². The van der Waals surface area contributed by atoms with Crippen molar-refractivity contribution in [2.45, 2.75) is 6.42 Å². The van der Waals surface area contributed by atoms with Crippen molar-refractivity contribution < 1.29 is 9.69 Å². The van der Waals surface area contributed by atoms with Gasteiger partial charge in [-0.25, -0.2) is 0 Å². The van der Waals surface area contributed by atoms with Gasteiger partial charge in [-0.3, -0.25) is 4.79 Å². The van der Waals surface area contributed by atoms with E-state index >= 15 is 0 Å². The molecule has 0 aliphatic rings. The van der Waals surface area contributed by atoms with Crippen LogP contribution in [0.4, 0.5) is 5.69 Å². The molecule has 5 heteroatoms. The maximum atomic E-state index is 11.7. The molecular formula is C12H15ClN3O+. The molecule has 0 saturated heterocycles. The Morgan fingerprint density at radius 1 is 1.53 bits per heavy atom. The van der Waals surface area contributed by atoms with Crippen LogP contribution in [0.1, 0.15) is 6.42 Å². The summed E-state index contributed by atoms with van der Waals surface area (Å²) in [4.78, 5) is 12.7. The molecule has 1 aromatic rings. The van der Waals surface area contributed by atoms with Crippen LogP contribution in [0.3, 0.4) is 0 Å². The van der Waals surface area contributed by atoms with E-state index in [0.717, 1.165) is 4.90 Å². The lowest BCUT2D eigenvalue weighted by atomic mass is 10.3. The largest absolute Gasteiger partial charge is 0.329 e. The summed E-state index contributed by atoms with van der Waals surface area (Å²) in [6.45, 7) is 0.985. The molecule has 0 radical (unpaired) electrons. The zero-order valence-corrected chi connectivity index (χ0v) is 10.4. The predicted octanol–water partition coefficient (Wildman–Crippen LogP) is 0.707. The summed E-state index contributed by atoms with van der Waals surface area (Å²) >= 11 is 5.92. The second-order valence-electron chi connectivity index (χ2n) is 3.82. The fourth-order valence-electron chi connectivity index (χ4n) is 1.39. The number of likely N-dealkylation sites (N-methyl/N-ethyl adjacent to an activating group) is 1. The average molecular weight is 253 g/mol. The molecule has 0 heterocycles. The Labute approximate surface area is 106 Å². The summed E-state index contributed by atoms with van der Waals surface area (Å²) in [6.07, 6.45) is 0.450. The Morgan fingerprint density at radius 2 is 2.24 bits per heavy atom. The van der Waals surface area contributed by atoms with E-state index in [0.29, 0.717) is 30.2 Å². The third kappa shape index (κ3) is 4.85. The first-order chi connectivity index (χ1) is 8.13. The number of hydrogen-bond donors (Lipinski definition) is 2. The quantitative estimate of drug-likeness (QED) is 0.811.